The van der Waals surface area contributed by atoms with E-state index in [0.29, 0.717) is 12.4 Å². The molecule has 0 aliphatic rings. The first kappa shape index (κ1) is 17.0. The Bertz CT molecular complexity index is 704. The topological polar surface area (TPSA) is 76.0 Å². The van der Waals surface area contributed by atoms with Crippen molar-refractivity contribution in [2.24, 2.45) is 5.92 Å². The number of benzene rings is 1. The van der Waals surface area contributed by atoms with E-state index >= 15 is 0 Å². The highest BCUT2D eigenvalue weighted by atomic mass is 16.2. The van der Waals surface area contributed by atoms with Gasteiger partial charge in [-0.15, -0.1) is 0 Å². The zero-order valence-electron chi connectivity index (χ0n) is 14.1. The van der Waals surface area contributed by atoms with Gasteiger partial charge >= 0.3 is 0 Å². The van der Waals surface area contributed by atoms with Crippen LogP contribution in [0.2, 0.25) is 0 Å². The minimum absolute atomic E-state index is 0.0322. The number of amides is 2. The van der Waals surface area contributed by atoms with Crippen LogP contribution < -0.4 is 10.6 Å². The predicted octanol–water partition coefficient (Wildman–Crippen LogP) is 1.83. The maximum Gasteiger partial charge on any atom is 0.240 e. The maximum absolute atomic E-state index is 12.1. The molecule has 2 amide bonds. The highest BCUT2D eigenvalue weighted by molar-refractivity contribution is 5.81. The van der Waals surface area contributed by atoms with Gasteiger partial charge in [0.15, 0.2) is 0 Å². The Morgan fingerprint density at radius 2 is 1.87 bits per heavy atom. The van der Waals surface area contributed by atoms with E-state index in [1.807, 2.05) is 56.5 Å². The van der Waals surface area contributed by atoms with Gasteiger partial charge in [0.05, 0.1) is 17.6 Å². The molecule has 0 atom stereocenters. The smallest absolute Gasteiger partial charge is 0.240 e. The van der Waals surface area contributed by atoms with Crippen molar-refractivity contribution in [3.05, 3.63) is 30.1 Å². The van der Waals surface area contributed by atoms with Crippen molar-refractivity contribution >= 4 is 22.8 Å². The van der Waals surface area contributed by atoms with E-state index in [-0.39, 0.29) is 30.3 Å². The molecule has 0 radical (unpaired) electrons. The number of hydrogen-bond acceptors (Lipinski definition) is 3. The number of rotatable bonds is 6. The summed E-state index contributed by atoms with van der Waals surface area (Å²) in [6.45, 7) is 8.02. The number of imidazole rings is 1. The minimum Gasteiger partial charge on any atom is -0.352 e. The molecule has 0 unspecified atom stereocenters. The fourth-order valence-electron chi connectivity index (χ4n) is 2.32. The van der Waals surface area contributed by atoms with Crippen molar-refractivity contribution in [2.75, 3.05) is 0 Å². The first-order chi connectivity index (χ1) is 10.9. The van der Waals surface area contributed by atoms with Gasteiger partial charge in [0.2, 0.25) is 11.8 Å². The molecule has 0 saturated heterocycles. The van der Waals surface area contributed by atoms with Gasteiger partial charge in [-0.1, -0.05) is 26.0 Å². The Balaban J connectivity index is 2.26. The number of nitrogens with zero attached hydrogens (tertiary/aromatic N) is 2. The molecule has 0 fully saturated rings. The van der Waals surface area contributed by atoms with E-state index in [0.717, 1.165) is 11.0 Å². The molecule has 0 bridgehead atoms. The molecule has 2 rings (SSSR count). The Labute approximate surface area is 136 Å². The average Bonchev–Trinajstić information content (AvgIpc) is 2.82. The monoisotopic (exact) mass is 316 g/mol. The van der Waals surface area contributed by atoms with Crippen molar-refractivity contribution in [1.29, 1.82) is 0 Å². The van der Waals surface area contributed by atoms with Crippen LogP contribution in [0.5, 0.6) is 0 Å². The Morgan fingerprint density at radius 3 is 2.52 bits per heavy atom. The number of hydrogen-bond donors (Lipinski definition) is 2. The van der Waals surface area contributed by atoms with Gasteiger partial charge in [0.25, 0.3) is 0 Å². The van der Waals surface area contributed by atoms with Crippen molar-refractivity contribution in [3.63, 3.8) is 0 Å². The van der Waals surface area contributed by atoms with Crippen molar-refractivity contribution in [1.82, 2.24) is 20.2 Å². The summed E-state index contributed by atoms with van der Waals surface area (Å²) in [5.74, 6) is 0.492. The maximum atomic E-state index is 12.1. The van der Waals surface area contributed by atoms with Gasteiger partial charge in [0, 0.05) is 12.0 Å². The first-order valence-electron chi connectivity index (χ1n) is 7.89. The molecule has 0 spiro atoms. The van der Waals surface area contributed by atoms with Crippen LogP contribution in [0, 0.1) is 5.92 Å². The standard InChI is InChI=1S/C17H24N4O2/c1-11(2)17(23)18-9-15-20-13-7-5-6-8-14(13)21(15)10-16(22)19-12(3)4/h5-8,11-12H,9-10H2,1-4H3,(H,18,23)(H,19,22). The van der Waals surface area contributed by atoms with Gasteiger partial charge < -0.3 is 15.2 Å². The molecule has 23 heavy (non-hydrogen) atoms. The number of para-hydroxylation sites is 2. The Kier molecular flexibility index (Phi) is 5.36. The fourth-order valence-corrected chi connectivity index (χ4v) is 2.32. The molecule has 6 nitrogen and oxygen atoms in total. The summed E-state index contributed by atoms with van der Waals surface area (Å²) in [5, 5.41) is 5.74. The Hall–Kier alpha value is -2.37. The molecule has 6 heteroatoms. The molecule has 0 aliphatic heterocycles. The van der Waals surface area contributed by atoms with Crippen LogP contribution in [0.1, 0.15) is 33.5 Å². The van der Waals surface area contributed by atoms with Gasteiger partial charge in [-0.3, -0.25) is 9.59 Å². The lowest BCUT2D eigenvalue weighted by molar-refractivity contribution is -0.124. The highest BCUT2D eigenvalue weighted by Gasteiger charge is 2.15. The largest absolute Gasteiger partial charge is 0.352 e. The third-order valence-corrected chi connectivity index (χ3v) is 3.43. The molecule has 1 aromatic heterocycles. The van der Waals surface area contributed by atoms with E-state index in [1.165, 1.54) is 0 Å². The SMILES string of the molecule is CC(C)NC(=O)Cn1c(CNC(=O)C(C)C)nc2ccccc21. The lowest BCUT2D eigenvalue weighted by Gasteiger charge is -2.13. The second-order valence-electron chi connectivity index (χ2n) is 6.20. The molecule has 2 N–H and O–H groups in total. The number of aromatic nitrogens is 2. The number of fused-ring (bicyclic) bond motifs is 1. The zero-order valence-corrected chi connectivity index (χ0v) is 14.1. The van der Waals surface area contributed by atoms with Crippen molar-refractivity contribution in [3.8, 4) is 0 Å². The summed E-state index contributed by atoms with van der Waals surface area (Å²) in [6.07, 6.45) is 0. The van der Waals surface area contributed by atoms with Crippen molar-refractivity contribution < 1.29 is 9.59 Å². The molecular formula is C17H24N4O2. The number of carbonyl (C=O) groups excluding carboxylic acids is 2. The summed E-state index contributed by atoms with van der Waals surface area (Å²) < 4.78 is 1.85. The lowest BCUT2D eigenvalue weighted by Crippen LogP contribution is -2.34. The molecule has 1 aromatic carbocycles. The summed E-state index contributed by atoms with van der Waals surface area (Å²) in [4.78, 5) is 28.4. The zero-order chi connectivity index (χ0) is 17.0. The molecule has 2 aromatic rings. The summed E-state index contributed by atoms with van der Waals surface area (Å²) in [5.41, 5.74) is 1.71. The normalized spacial score (nSPS) is 11.2. The van der Waals surface area contributed by atoms with Gasteiger partial charge in [-0.2, -0.15) is 0 Å². The van der Waals surface area contributed by atoms with Crippen LogP contribution in [0.4, 0.5) is 0 Å². The Morgan fingerprint density at radius 1 is 1.17 bits per heavy atom. The summed E-state index contributed by atoms with van der Waals surface area (Å²) >= 11 is 0. The van der Waals surface area contributed by atoms with Crippen LogP contribution in [-0.2, 0) is 22.7 Å². The van der Waals surface area contributed by atoms with Crippen LogP contribution in [0.3, 0.4) is 0 Å². The van der Waals surface area contributed by atoms with Crippen LogP contribution in [-0.4, -0.2) is 27.4 Å². The summed E-state index contributed by atoms with van der Waals surface area (Å²) in [6, 6.07) is 7.74. The minimum atomic E-state index is -0.0860. The molecular weight excluding hydrogens is 292 g/mol. The lowest BCUT2D eigenvalue weighted by atomic mass is 10.2. The fraction of sp³-hybridized carbons (Fsp3) is 0.471. The number of carbonyl (C=O) groups is 2. The third kappa shape index (κ3) is 4.31. The van der Waals surface area contributed by atoms with E-state index in [9.17, 15) is 9.59 Å². The van der Waals surface area contributed by atoms with E-state index in [4.69, 9.17) is 0 Å². The van der Waals surface area contributed by atoms with Crippen LogP contribution in [0.25, 0.3) is 11.0 Å². The quantitative estimate of drug-likeness (QED) is 0.853. The average molecular weight is 316 g/mol. The van der Waals surface area contributed by atoms with Crippen LogP contribution >= 0.6 is 0 Å². The molecule has 0 saturated carbocycles. The molecule has 124 valence electrons. The second-order valence-corrected chi connectivity index (χ2v) is 6.20. The number of nitrogens with one attached hydrogen (secondary N) is 2. The first-order valence-corrected chi connectivity index (χ1v) is 7.89. The van der Waals surface area contributed by atoms with Gasteiger partial charge in [-0.25, -0.2) is 4.98 Å². The third-order valence-electron chi connectivity index (χ3n) is 3.43. The second kappa shape index (κ2) is 7.26. The molecule has 1 heterocycles. The van der Waals surface area contributed by atoms with Crippen LogP contribution in [0.15, 0.2) is 24.3 Å². The van der Waals surface area contributed by atoms with Gasteiger partial charge in [0.1, 0.15) is 12.4 Å². The van der Waals surface area contributed by atoms with E-state index in [2.05, 4.69) is 15.6 Å². The summed E-state index contributed by atoms with van der Waals surface area (Å²) in [7, 11) is 0. The van der Waals surface area contributed by atoms with E-state index < -0.39 is 0 Å². The highest BCUT2D eigenvalue weighted by Crippen LogP contribution is 2.16. The molecule has 0 aliphatic carbocycles. The van der Waals surface area contributed by atoms with Gasteiger partial charge in [-0.05, 0) is 26.0 Å². The predicted molar refractivity (Wildman–Crippen MR) is 89.7 cm³/mol. The van der Waals surface area contributed by atoms with Crippen molar-refractivity contribution in [2.45, 2.75) is 46.8 Å². The van der Waals surface area contributed by atoms with E-state index in [1.54, 1.807) is 0 Å².